The minimum atomic E-state index is -0.404. The number of ether oxygens (including phenoxy) is 1. The Kier molecular flexibility index (Phi) is 4.80. The minimum Gasteiger partial charge on any atom is -0.465 e. The van der Waals surface area contributed by atoms with Crippen molar-refractivity contribution in [1.82, 2.24) is 14.9 Å². The van der Waals surface area contributed by atoms with Gasteiger partial charge in [-0.2, -0.15) is 14.9 Å². The summed E-state index contributed by atoms with van der Waals surface area (Å²) in [4.78, 5) is 11.4. The number of aromatic amines is 1. The van der Waals surface area contributed by atoms with Gasteiger partial charge in [0.2, 0.25) is 4.77 Å². The van der Waals surface area contributed by atoms with E-state index < -0.39 is 5.97 Å². The molecule has 25 heavy (non-hydrogen) atoms. The van der Waals surface area contributed by atoms with Gasteiger partial charge in [-0.25, -0.2) is 14.3 Å². The molecule has 0 saturated carbocycles. The molecule has 0 aliphatic rings. The lowest BCUT2D eigenvalue weighted by molar-refractivity contribution is 0.0600. The van der Waals surface area contributed by atoms with E-state index in [9.17, 15) is 9.18 Å². The van der Waals surface area contributed by atoms with Crippen molar-refractivity contribution in [2.45, 2.75) is 0 Å². The van der Waals surface area contributed by atoms with E-state index in [0.717, 1.165) is 5.56 Å². The number of aromatic nitrogens is 3. The van der Waals surface area contributed by atoms with Gasteiger partial charge in [-0.1, -0.05) is 12.1 Å². The number of nitrogens with one attached hydrogen (secondary N) is 1. The molecule has 0 amide bonds. The van der Waals surface area contributed by atoms with E-state index >= 15 is 0 Å². The number of nitrogens with zero attached hydrogens (tertiary/aromatic N) is 3. The van der Waals surface area contributed by atoms with Crippen LogP contribution in [-0.2, 0) is 4.74 Å². The maximum absolute atomic E-state index is 13.1. The third-order valence-corrected chi connectivity index (χ3v) is 3.67. The molecule has 0 saturated heterocycles. The zero-order valence-corrected chi connectivity index (χ0v) is 14.0. The first-order valence-electron chi connectivity index (χ1n) is 7.24. The average Bonchev–Trinajstić information content (AvgIpc) is 3.01. The number of methoxy groups -OCH3 is 1. The quantitative estimate of drug-likeness (QED) is 0.442. The van der Waals surface area contributed by atoms with Gasteiger partial charge < -0.3 is 4.74 Å². The van der Waals surface area contributed by atoms with Gasteiger partial charge in [-0.15, -0.1) is 0 Å². The van der Waals surface area contributed by atoms with Crippen molar-refractivity contribution < 1.29 is 13.9 Å². The fourth-order valence-corrected chi connectivity index (χ4v) is 2.31. The summed E-state index contributed by atoms with van der Waals surface area (Å²) < 4.78 is 19.5. The van der Waals surface area contributed by atoms with Crippen LogP contribution in [0.4, 0.5) is 4.39 Å². The number of esters is 1. The van der Waals surface area contributed by atoms with Crippen LogP contribution in [0.2, 0.25) is 0 Å². The van der Waals surface area contributed by atoms with Crippen LogP contribution in [0.15, 0.2) is 53.6 Å². The van der Waals surface area contributed by atoms with E-state index in [1.54, 1.807) is 42.6 Å². The van der Waals surface area contributed by atoms with Crippen LogP contribution < -0.4 is 0 Å². The van der Waals surface area contributed by atoms with Crippen molar-refractivity contribution in [3.63, 3.8) is 0 Å². The van der Waals surface area contributed by atoms with Crippen LogP contribution in [0.5, 0.6) is 0 Å². The lowest BCUT2D eigenvalue weighted by Crippen LogP contribution is -2.01. The lowest BCUT2D eigenvalue weighted by atomic mass is 10.1. The maximum atomic E-state index is 13.1. The molecule has 0 aliphatic heterocycles. The van der Waals surface area contributed by atoms with Crippen LogP contribution in [0.1, 0.15) is 15.9 Å². The number of H-pyrrole nitrogens is 1. The third-order valence-electron chi connectivity index (χ3n) is 3.41. The monoisotopic (exact) mass is 356 g/mol. The second kappa shape index (κ2) is 7.18. The Balaban J connectivity index is 1.89. The molecule has 3 aromatic rings. The van der Waals surface area contributed by atoms with E-state index in [4.69, 9.17) is 12.2 Å². The number of hydrogen-bond donors (Lipinski definition) is 1. The minimum absolute atomic E-state index is 0.307. The van der Waals surface area contributed by atoms with Crippen LogP contribution in [0.25, 0.3) is 11.4 Å². The first-order valence-corrected chi connectivity index (χ1v) is 7.65. The predicted molar refractivity (Wildman–Crippen MR) is 93.6 cm³/mol. The number of carbonyl (C=O) groups is 1. The first kappa shape index (κ1) is 16.7. The Labute approximate surface area is 147 Å². The average molecular weight is 356 g/mol. The topological polar surface area (TPSA) is 72.3 Å². The molecule has 0 bridgehead atoms. The highest BCUT2D eigenvalue weighted by Crippen LogP contribution is 2.17. The van der Waals surface area contributed by atoms with Crippen molar-refractivity contribution in [2.75, 3.05) is 7.11 Å². The van der Waals surface area contributed by atoms with Crippen molar-refractivity contribution >= 4 is 24.4 Å². The Bertz CT molecular complexity index is 975. The van der Waals surface area contributed by atoms with Gasteiger partial charge in [0.25, 0.3) is 0 Å². The highest BCUT2D eigenvalue weighted by molar-refractivity contribution is 7.71. The molecule has 0 unspecified atom stereocenters. The van der Waals surface area contributed by atoms with Gasteiger partial charge in [-0.05, 0) is 54.2 Å². The Morgan fingerprint density at radius 1 is 1.24 bits per heavy atom. The molecule has 0 atom stereocenters. The van der Waals surface area contributed by atoms with E-state index in [1.807, 2.05) is 0 Å². The predicted octanol–water partition coefficient (Wildman–Crippen LogP) is 3.42. The van der Waals surface area contributed by atoms with Gasteiger partial charge >= 0.3 is 5.97 Å². The fourth-order valence-electron chi connectivity index (χ4n) is 2.13. The number of halogens is 1. The molecule has 3 rings (SSSR count). The first-order chi connectivity index (χ1) is 12.1. The highest BCUT2D eigenvalue weighted by atomic mass is 32.1. The van der Waals surface area contributed by atoms with Crippen LogP contribution in [0, 0.1) is 10.6 Å². The maximum Gasteiger partial charge on any atom is 0.337 e. The SMILES string of the molecule is COC(=O)c1ccc(/C=N\n2c(-c3ccc(F)cc3)n[nH]c2=S)cc1. The Hall–Kier alpha value is -3.13. The molecule has 126 valence electrons. The summed E-state index contributed by atoms with van der Waals surface area (Å²) >= 11 is 5.18. The zero-order valence-electron chi connectivity index (χ0n) is 13.1. The summed E-state index contributed by atoms with van der Waals surface area (Å²) in [6, 6.07) is 12.6. The van der Waals surface area contributed by atoms with Crippen molar-refractivity contribution in [1.29, 1.82) is 0 Å². The van der Waals surface area contributed by atoms with Gasteiger partial charge in [0, 0.05) is 5.56 Å². The fraction of sp³-hybridized carbons (Fsp3) is 0.0588. The molecule has 0 radical (unpaired) electrons. The van der Waals surface area contributed by atoms with E-state index in [-0.39, 0.29) is 5.82 Å². The molecule has 0 spiro atoms. The van der Waals surface area contributed by atoms with Crippen molar-refractivity contribution in [2.24, 2.45) is 5.10 Å². The summed E-state index contributed by atoms with van der Waals surface area (Å²) in [7, 11) is 1.33. The number of rotatable bonds is 4. The van der Waals surface area contributed by atoms with Crippen LogP contribution >= 0.6 is 12.2 Å². The van der Waals surface area contributed by atoms with E-state index in [1.165, 1.54) is 23.9 Å². The number of hydrogen-bond acceptors (Lipinski definition) is 5. The molecule has 6 nitrogen and oxygen atoms in total. The Morgan fingerprint density at radius 2 is 1.92 bits per heavy atom. The van der Waals surface area contributed by atoms with Crippen molar-refractivity contribution in [3.05, 3.63) is 70.2 Å². The molecule has 1 heterocycles. The molecule has 1 N–H and O–H groups in total. The van der Waals surface area contributed by atoms with Gasteiger partial charge in [0.05, 0.1) is 18.9 Å². The lowest BCUT2D eigenvalue weighted by Gasteiger charge is -2.01. The molecule has 1 aromatic heterocycles. The van der Waals surface area contributed by atoms with Crippen molar-refractivity contribution in [3.8, 4) is 11.4 Å². The summed E-state index contributed by atoms with van der Waals surface area (Å²) in [5, 5.41) is 11.1. The van der Waals surface area contributed by atoms with E-state index in [2.05, 4.69) is 20.0 Å². The van der Waals surface area contributed by atoms with E-state index in [0.29, 0.717) is 21.7 Å². The second-order valence-corrected chi connectivity index (χ2v) is 5.42. The largest absolute Gasteiger partial charge is 0.465 e. The number of benzene rings is 2. The number of carbonyl (C=O) groups excluding carboxylic acids is 1. The van der Waals surface area contributed by atoms with Crippen LogP contribution in [0.3, 0.4) is 0 Å². The van der Waals surface area contributed by atoms with Gasteiger partial charge in [-0.3, -0.25) is 0 Å². The summed E-state index contributed by atoms with van der Waals surface area (Å²) in [5.41, 5.74) is 1.89. The van der Waals surface area contributed by atoms with Gasteiger partial charge in [0.15, 0.2) is 5.82 Å². The zero-order chi connectivity index (χ0) is 17.8. The molecule has 0 aliphatic carbocycles. The molecule has 8 heteroatoms. The molecular weight excluding hydrogens is 343 g/mol. The molecular formula is C17H13FN4O2S. The second-order valence-electron chi connectivity index (χ2n) is 5.03. The van der Waals surface area contributed by atoms with Gasteiger partial charge in [0.1, 0.15) is 5.82 Å². The molecule has 2 aromatic carbocycles. The normalized spacial score (nSPS) is 11.0. The standard InChI is InChI=1S/C17H13FN4O2S/c1-24-16(23)13-4-2-11(3-5-13)10-19-22-15(20-21-17(22)25)12-6-8-14(18)9-7-12/h2-10H,1H3,(H,21,25)/b19-10-. The summed E-state index contributed by atoms with van der Waals surface area (Å²) in [6.45, 7) is 0. The van der Waals surface area contributed by atoms with Crippen LogP contribution in [-0.4, -0.2) is 34.2 Å². The third kappa shape index (κ3) is 3.69. The highest BCUT2D eigenvalue weighted by Gasteiger charge is 2.08. The summed E-state index contributed by atoms with van der Waals surface area (Å²) in [5.74, 6) is -0.273. The summed E-state index contributed by atoms with van der Waals surface area (Å²) in [6.07, 6.45) is 1.58. The Morgan fingerprint density at radius 3 is 2.56 bits per heavy atom. The smallest absolute Gasteiger partial charge is 0.337 e. The molecule has 0 fully saturated rings.